The molecule has 2 rings (SSSR count). The number of imidazole rings is 1. The molecule has 0 spiro atoms. The number of hydrogen-bond donors (Lipinski definition) is 1. The first kappa shape index (κ1) is 10.6. The van der Waals surface area contributed by atoms with Crippen LogP contribution in [0.1, 0.15) is 25.6 Å². The molecule has 15 heavy (non-hydrogen) atoms. The maximum atomic E-state index is 5.88. The van der Waals surface area contributed by atoms with Crippen LogP contribution in [-0.2, 0) is 13.1 Å². The molecular formula is C11H20N4. The molecule has 0 aliphatic carbocycles. The number of piperidine rings is 1. The predicted octanol–water partition coefficient (Wildman–Crippen LogP) is 0.826. The molecule has 0 amide bonds. The Labute approximate surface area is 91.1 Å². The Balaban J connectivity index is 1.91. The van der Waals surface area contributed by atoms with E-state index in [4.69, 9.17) is 5.73 Å². The largest absolute Gasteiger partial charge is 0.334 e. The number of aromatic nitrogens is 2. The first-order valence-electron chi connectivity index (χ1n) is 5.77. The van der Waals surface area contributed by atoms with E-state index >= 15 is 0 Å². The monoisotopic (exact) mass is 208 g/mol. The molecule has 1 aliphatic heterocycles. The van der Waals surface area contributed by atoms with E-state index in [1.54, 1.807) is 0 Å². The standard InChI is InChI=1S/C11H20N4/c1-2-15-8-5-13-11(15)9-14-6-3-10(12)4-7-14/h5,8,10H,2-4,6-7,9,12H2,1H3. The molecule has 1 aromatic rings. The molecule has 1 saturated heterocycles. The van der Waals surface area contributed by atoms with Crippen LogP contribution in [0.4, 0.5) is 0 Å². The van der Waals surface area contributed by atoms with Crippen molar-refractivity contribution in [1.82, 2.24) is 14.5 Å². The molecule has 2 N–H and O–H groups in total. The molecule has 0 saturated carbocycles. The minimum absolute atomic E-state index is 0.409. The highest BCUT2D eigenvalue weighted by Crippen LogP contribution is 2.11. The smallest absolute Gasteiger partial charge is 0.122 e. The van der Waals surface area contributed by atoms with E-state index in [0.717, 1.165) is 39.0 Å². The van der Waals surface area contributed by atoms with Gasteiger partial charge in [0.25, 0.3) is 0 Å². The van der Waals surface area contributed by atoms with Crippen LogP contribution in [0.25, 0.3) is 0 Å². The number of aryl methyl sites for hydroxylation is 1. The molecule has 4 heteroatoms. The molecule has 4 nitrogen and oxygen atoms in total. The van der Waals surface area contributed by atoms with Gasteiger partial charge in [0.15, 0.2) is 0 Å². The molecule has 2 heterocycles. The van der Waals surface area contributed by atoms with Crippen LogP contribution >= 0.6 is 0 Å². The van der Waals surface area contributed by atoms with E-state index in [2.05, 4.69) is 21.4 Å². The van der Waals surface area contributed by atoms with Crippen molar-refractivity contribution >= 4 is 0 Å². The van der Waals surface area contributed by atoms with Crippen LogP contribution in [0, 0.1) is 0 Å². The average molecular weight is 208 g/mol. The molecule has 1 aliphatic rings. The highest BCUT2D eigenvalue weighted by molar-refractivity contribution is 4.92. The Hall–Kier alpha value is -0.870. The van der Waals surface area contributed by atoms with Crippen LogP contribution in [0.2, 0.25) is 0 Å². The molecule has 84 valence electrons. The fraction of sp³-hybridized carbons (Fsp3) is 0.727. The quantitative estimate of drug-likeness (QED) is 0.800. The van der Waals surface area contributed by atoms with E-state index in [1.807, 2.05) is 12.4 Å². The van der Waals surface area contributed by atoms with Crippen LogP contribution in [0.3, 0.4) is 0 Å². The number of hydrogen-bond acceptors (Lipinski definition) is 3. The minimum Gasteiger partial charge on any atom is -0.334 e. The number of nitrogens with zero attached hydrogens (tertiary/aromatic N) is 3. The summed E-state index contributed by atoms with van der Waals surface area (Å²) in [4.78, 5) is 6.83. The molecule has 1 aromatic heterocycles. The predicted molar refractivity (Wildman–Crippen MR) is 60.4 cm³/mol. The number of nitrogens with two attached hydrogens (primary N) is 1. The second-order valence-corrected chi connectivity index (χ2v) is 4.24. The van der Waals surface area contributed by atoms with Crippen molar-refractivity contribution in [3.05, 3.63) is 18.2 Å². The topological polar surface area (TPSA) is 47.1 Å². The van der Waals surface area contributed by atoms with Crippen molar-refractivity contribution in [2.45, 2.75) is 38.9 Å². The summed E-state index contributed by atoms with van der Waals surface area (Å²) in [5.41, 5.74) is 5.88. The molecule has 0 atom stereocenters. The average Bonchev–Trinajstić information content (AvgIpc) is 2.69. The third kappa shape index (κ3) is 2.58. The fourth-order valence-electron chi connectivity index (χ4n) is 2.09. The van der Waals surface area contributed by atoms with Crippen molar-refractivity contribution in [3.8, 4) is 0 Å². The zero-order valence-electron chi connectivity index (χ0n) is 9.39. The first-order valence-corrected chi connectivity index (χ1v) is 5.77. The van der Waals surface area contributed by atoms with Crippen molar-refractivity contribution in [3.63, 3.8) is 0 Å². The normalized spacial score (nSPS) is 19.6. The summed E-state index contributed by atoms with van der Waals surface area (Å²) in [6.45, 7) is 6.34. The summed E-state index contributed by atoms with van der Waals surface area (Å²) in [6.07, 6.45) is 6.17. The van der Waals surface area contributed by atoms with Gasteiger partial charge in [0, 0.05) is 38.1 Å². The lowest BCUT2D eigenvalue weighted by atomic mass is 10.1. The van der Waals surface area contributed by atoms with Gasteiger partial charge in [0.2, 0.25) is 0 Å². The maximum absolute atomic E-state index is 5.88. The van der Waals surface area contributed by atoms with Crippen molar-refractivity contribution in [2.75, 3.05) is 13.1 Å². The first-order chi connectivity index (χ1) is 7.29. The highest BCUT2D eigenvalue weighted by Gasteiger charge is 2.17. The lowest BCUT2D eigenvalue weighted by Gasteiger charge is -2.29. The van der Waals surface area contributed by atoms with Gasteiger partial charge in [0.05, 0.1) is 6.54 Å². The minimum atomic E-state index is 0.409. The summed E-state index contributed by atoms with van der Waals surface area (Å²) in [5, 5.41) is 0. The van der Waals surface area contributed by atoms with Gasteiger partial charge in [-0.25, -0.2) is 4.98 Å². The van der Waals surface area contributed by atoms with Gasteiger partial charge in [-0.15, -0.1) is 0 Å². The van der Waals surface area contributed by atoms with E-state index in [-0.39, 0.29) is 0 Å². The van der Waals surface area contributed by atoms with Gasteiger partial charge in [-0.1, -0.05) is 0 Å². The summed E-state index contributed by atoms with van der Waals surface area (Å²) in [6, 6.07) is 0.409. The lowest BCUT2D eigenvalue weighted by molar-refractivity contribution is 0.199. The zero-order chi connectivity index (χ0) is 10.7. The number of likely N-dealkylation sites (tertiary alicyclic amines) is 1. The van der Waals surface area contributed by atoms with Crippen LogP contribution in [0.5, 0.6) is 0 Å². The summed E-state index contributed by atoms with van der Waals surface area (Å²) < 4.78 is 2.20. The molecule has 0 bridgehead atoms. The Morgan fingerprint density at radius 2 is 2.20 bits per heavy atom. The molecule has 0 unspecified atom stereocenters. The van der Waals surface area contributed by atoms with Crippen molar-refractivity contribution in [2.24, 2.45) is 5.73 Å². The highest BCUT2D eigenvalue weighted by atomic mass is 15.2. The van der Waals surface area contributed by atoms with E-state index < -0.39 is 0 Å². The lowest BCUT2D eigenvalue weighted by Crippen LogP contribution is -2.39. The Morgan fingerprint density at radius 1 is 1.47 bits per heavy atom. The molecule has 1 fully saturated rings. The van der Waals surface area contributed by atoms with Gasteiger partial charge in [-0.2, -0.15) is 0 Å². The van der Waals surface area contributed by atoms with E-state index in [0.29, 0.717) is 6.04 Å². The van der Waals surface area contributed by atoms with Crippen LogP contribution in [-0.4, -0.2) is 33.6 Å². The molecule has 0 radical (unpaired) electrons. The summed E-state index contributed by atoms with van der Waals surface area (Å²) in [5.74, 6) is 1.17. The van der Waals surface area contributed by atoms with Crippen molar-refractivity contribution in [1.29, 1.82) is 0 Å². The van der Waals surface area contributed by atoms with Gasteiger partial charge in [-0.05, 0) is 19.8 Å². The van der Waals surface area contributed by atoms with Crippen LogP contribution in [0.15, 0.2) is 12.4 Å². The van der Waals surface area contributed by atoms with Gasteiger partial charge >= 0.3 is 0 Å². The second-order valence-electron chi connectivity index (χ2n) is 4.24. The van der Waals surface area contributed by atoms with Gasteiger partial charge < -0.3 is 10.3 Å². The third-order valence-corrected chi connectivity index (χ3v) is 3.14. The van der Waals surface area contributed by atoms with Crippen LogP contribution < -0.4 is 5.73 Å². The maximum Gasteiger partial charge on any atom is 0.122 e. The fourth-order valence-corrected chi connectivity index (χ4v) is 2.09. The molecular weight excluding hydrogens is 188 g/mol. The Kier molecular flexibility index (Phi) is 3.38. The Bertz CT molecular complexity index is 299. The van der Waals surface area contributed by atoms with Gasteiger partial charge in [0.1, 0.15) is 5.82 Å². The number of rotatable bonds is 3. The van der Waals surface area contributed by atoms with E-state index in [9.17, 15) is 0 Å². The van der Waals surface area contributed by atoms with Crippen molar-refractivity contribution < 1.29 is 0 Å². The SMILES string of the molecule is CCn1ccnc1CN1CCC(N)CC1. The molecule has 0 aromatic carbocycles. The second kappa shape index (κ2) is 4.77. The zero-order valence-corrected chi connectivity index (χ0v) is 9.39. The Morgan fingerprint density at radius 3 is 2.87 bits per heavy atom. The summed E-state index contributed by atoms with van der Waals surface area (Å²) in [7, 11) is 0. The third-order valence-electron chi connectivity index (χ3n) is 3.14. The van der Waals surface area contributed by atoms with Gasteiger partial charge in [-0.3, -0.25) is 4.90 Å². The summed E-state index contributed by atoms with van der Waals surface area (Å²) >= 11 is 0. The van der Waals surface area contributed by atoms with E-state index in [1.165, 1.54) is 5.82 Å².